The first-order valence-corrected chi connectivity index (χ1v) is 5.92. The first-order chi connectivity index (χ1) is 8.77. The van der Waals surface area contributed by atoms with Crippen molar-refractivity contribution in [3.63, 3.8) is 0 Å². The number of rotatable bonds is 5. The quantitative estimate of drug-likeness (QED) is 0.886. The van der Waals surface area contributed by atoms with Crippen LogP contribution in [0.4, 0.5) is 5.69 Å². The molecule has 0 aromatic heterocycles. The van der Waals surface area contributed by atoms with Crippen LogP contribution in [0, 0.1) is 5.41 Å². The van der Waals surface area contributed by atoms with Crippen LogP contribution in [0.5, 0.6) is 5.75 Å². The lowest BCUT2D eigenvalue weighted by Gasteiger charge is -2.28. The normalized spacial score (nSPS) is 10.9. The predicted octanol–water partition coefficient (Wildman–Crippen LogP) is 2.16. The van der Waals surface area contributed by atoms with Crippen LogP contribution in [-0.2, 0) is 9.59 Å². The van der Waals surface area contributed by atoms with Crippen LogP contribution in [0.3, 0.4) is 0 Å². The summed E-state index contributed by atoms with van der Waals surface area (Å²) in [5.74, 6) is -0.589. The molecular formula is C14H19NO4. The molecule has 0 unspecified atom stereocenters. The Morgan fingerprint density at radius 3 is 2.53 bits per heavy atom. The minimum absolute atomic E-state index is 0.208. The fourth-order valence-electron chi connectivity index (χ4n) is 1.84. The molecule has 5 nitrogen and oxygen atoms in total. The van der Waals surface area contributed by atoms with Crippen molar-refractivity contribution < 1.29 is 19.4 Å². The molecular weight excluding hydrogens is 246 g/mol. The van der Waals surface area contributed by atoms with Gasteiger partial charge >= 0.3 is 5.97 Å². The zero-order valence-corrected chi connectivity index (χ0v) is 11.6. The van der Waals surface area contributed by atoms with E-state index in [4.69, 9.17) is 9.84 Å². The number of carbonyl (C=O) groups is 2. The van der Waals surface area contributed by atoms with Gasteiger partial charge in [-0.1, -0.05) is 19.9 Å². The van der Waals surface area contributed by atoms with Crippen LogP contribution in [0.1, 0.15) is 20.3 Å². The molecule has 0 atom stereocenters. The van der Waals surface area contributed by atoms with Crippen molar-refractivity contribution in [2.45, 2.75) is 20.3 Å². The minimum Gasteiger partial charge on any atom is -0.497 e. The number of carboxylic acids is 1. The predicted molar refractivity (Wildman–Crippen MR) is 72.4 cm³/mol. The lowest BCUT2D eigenvalue weighted by Crippen LogP contribution is -2.39. The van der Waals surface area contributed by atoms with E-state index in [9.17, 15) is 9.59 Å². The molecule has 5 heteroatoms. The van der Waals surface area contributed by atoms with Crippen LogP contribution in [-0.4, -0.2) is 31.1 Å². The average molecular weight is 265 g/mol. The van der Waals surface area contributed by atoms with Gasteiger partial charge in [-0.15, -0.1) is 0 Å². The van der Waals surface area contributed by atoms with Gasteiger partial charge in [-0.05, 0) is 12.1 Å². The van der Waals surface area contributed by atoms with Crippen molar-refractivity contribution in [3.8, 4) is 5.75 Å². The Hall–Kier alpha value is -2.04. The van der Waals surface area contributed by atoms with E-state index in [-0.39, 0.29) is 12.3 Å². The Morgan fingerprint density at radius 1 is 1.37 bits per heavy atom. The summed E-state index contributed by atoms with van der Waals surface area (Å²) < 4.78 is 5.10. The number of hydrogen-bond acceptors (Lipinski definition) is 3. The van der Waals surface area contributed by atoms with Crippen molar-refractivity contribution >= 4 is 17.6 Å². The highest BCUT2D eigenvalue weighted by molar-refractivity contribution is 5.98. The molecule has 0 bridgehead atoms. The molecule has 0 heterocycles. The van der Waals surface area contributed by atoms with E-state index < -0.39 is 11.4 Å². The SMILES string of the molecule is COc1cccc(N(C)C(=O)C(C)(C)CC(=O)O)c1. The smallest absolute Gasteiger partial charge is 0.304 e. The molecule has 19 heavy (non-hydrogen) atoms. The molecule has 1 N–H and O–H groups in total. The maximum atomic E-state index is 12.3. The molecule has 0 aliphatic rings. The molecule has 1 aromatic carbocycles. The topological polar surface area (TPSA) is 66.8 Å². The summed E-state index contributed by atoms with van der Waals surface area (Å²) in [6.45, 7) is 3.25. The molecule has 1 aromatic rings. The van der Waals surface area contributed by atoms with Gasteiger partial charge in [-0.2, -0.15) is 0 Å². The van der Waals surface area contributed by atoms with Gasteiger partial charge < -0.3 is 14.7 Å². The summed E-state index contributed by atoms with van der Waals surface area (Å²) in [6, 6.07) is 7.07. The number of ether oxygens (including phenoxy) is 1. The standard InChI is InChI=1S/C14H19NO4/c1-14(2,9-12(16)17)13(18)15(3)10-6-5-7-11(8-10)19-4/h5-8H,9H2,1-4H3,(H,16,17). The largest absolute Gasteiger partial charge is 0.497 e. The Bertz CT molecular complexity index is 482. The molecule has 0 fully saturated rings. The maximum Gasteiger partial charge on any atom is 0.304 e. The highest BCUT2D eigenvalue weighted by Gasteiger charge is 2.33. The van der Waals surface area contributed by atoms with Gasteiger partial charge in [0.25, 0.3) is 0 Å². The first-order valence-electron chi connectivity index (χ1n) is 5.92. The van der Waals surface area contributed by atoms with Gasteiger partial charge in [-0.25, -0.2) is 0 Å². The first kappa shape index (κ1) is 15.0. The monoisotopic (exact) mass is 265 g/mol. The van der Waals surface area contributed by atoms with Crippen LogP contribution >= 0.6 is 0 Å². The number of hydrogen-bond donors (Lipinski definition) is 1. The van der Waals surface area contributed by atoms with Crippen molar-refractivity contribution in [3.05, 3.63) is 24.3 Å². The molecule has 0 aliphatic heterocycles. The van der Waals surface area contributed by atoms with E-state index in [1.165, 1.54) is 4.90 Å². The van der Waals surface area contributed by atoms with E-state index in [2.05, 4.69) is 0 Å². The van der Waals surface area contributed by atoms with Gasteiger partial charge in [0.2, 0.25) is 5.91 Å². The number of benzene rings is 1. The van der Waals surface area contributed by atoms with Crippen LogP contribution in [0.2, 0.25) is 0 Å². The second kappa shape index (κ2) is 5.73. The number of anilines is 1. The van der Waals surface area contributed by atoms with E-state index in [0.29, 0.717) is 11.4 Å². The third-order valence-corrected chi connectivity index (χ3v) is 2.92. The highest BCUT2D eigenvalue weighted by atomic mass is 16.5. The number of carboxylic acid groups (broad SMARTS) is 1. The van der Waals surface area contributed by atoms with Gasteiger partial charge in [0.1, 0.15) is 5.75 Å². The van der Waals surface area contributed by atoms with E-state index in [1.807, 2.05) is 0 Å². The fraction of sp³-hybridized carbons (Fsp3) is 0.429. The minimum atomic E-state index is -0.989. The number of carbonyl (C=O) groups excluding carboxylic acids is 1. The fourth-order valence-corrected chi connectivity index (χ4v) is 1.84. The van der Waals surface area contributed by atoms with Crippen LogP contribution in [0.15, 0.2) is 24.3 Å². The summed E-state index contributed by atoms with van der Waals surface area (Å²) in [5, 5.41) is 8.84. The maximum absolute atomic E-state index is 12.3. The molecule has 1 rings (SSSR count). The molecule has 0 aliphatic carbocycles. The number of amides is 1. The van der Waals surface area contributed by atoms with Crippen molar-refractivity contribution in [2.24, 2.45) is 5.41 Å². The van der Waals surface area contributed by atoms with Crippen molar-refractivity contribution in [2.75, 3.05) is 19.1 Å². The lowest BCUT2D eigenvalue weighted by atomic mass is 9.87. The second-order valence-corrected chi connectivity index (χ2v) is 5.02. The molecule has 1 amide bonds. The number of methoxy groups -OCH3 is 1. The Labute approximate surface area is 112 Å². The Morgan fingerprint density at radius 2 is 2.00 bits per heavy atom. The number of nitrogens with zero attached hydrogens (tertiary/aromatic N) is 1. The zero-order chi connectivity index (χ0) is 14.6. The Kier molecular flexibility index (Phi) is 4.53. The van der Waals surface area contributed by atoms with Crippen LogP contribution in [0.25, 0.3) is 0 Å². The highest BCUT2D eigenvalue weighted by Crippen LogP contribution is 2.27. The van der Waals surface area contributed by atoms with E-state index in [1.54, 1.807) is 52.3 Å². The van der Waals surface area contributed by atoms with Crippen molar-refractivity contribution in [1.82, 2.24) is 0 Å². The number of aliphatic carboxylic acids is 1. The second-order valence-electron chi connectivity index (χ2n) is 5.02. The molecule has 0 saturated heterocycles. The summed E-state index contributed by atoms with van der Waals surface area (Å²) in [6.07, 6.45) is -0.208. The summed E-state index contributed by atoms with van der Waals surface area (Å²) in [5.41, 5.74) is -0.285. The zero-order valence-electron chi connectivity index (χ0n) is 11.6. The average Bonchev–Trinajstić information content (AvgIpc) is 2.35. The van der Waals surface area contributed by atoms with Gasteiger partial charge in [0, 0.05) is 18.8 Å². The molecule has 0 radical (unpaired) electrons. The summed E-state index contributed by atoms with van der Waals surface area (Å²) in [4.78, 5) is 24.6. The molecule has 0 spiro atoms. The van der Waals surface area contributed by atoms with E-state index in [0.717, 1.165) is 0 Å². The third-order valence-electron chi connectivity index (χ3n) is 2.92. The summed E-state index contributed by atoms with van der Waals surface area (Å²) >= 11 is 0. The van der Waals surface area contributed by atoms with Gasteiger partial charge in [0.05, 0.1) is 18.9 Å². The van der Waals surface area contributed by atoms with E-state index >= 15 is 0 Å². The molecule has 0 saturated carbocycles. The summed E-state index contributed by atoms with van der Waals surface area (Å²) in [7, 11) is 3.18. The third kappa shape index (κ3) is 3.71. The molecule has 104 valence electrons. The van der Waals surface area contributed by atoms with Crippen molar-refractivity contribution in [1.29, 1.82) is 0 Å². The Balaban J connectivity index is 2.95. The van der Waals surface area contributed by atoms with Gasteiger partial charge in [0.15, 0.2) is 0 Å². The van der Waals surface area contributed by atoms with Crippen LogP contribution < -0.4 is 9.64 Å². The van der Waals surface area contributed by atoms with Gasteiger partial charge in [-0.3, -0.25) is 9.59 Å². The lowest BCUT2D eigenvalue weighted by molar-refractivity contribution is -0.143.